The van der Waals surface area contributed by atoms with Crippen molar-refractivity contribution in [3.05, 3.63) is 17.0 Å². The van der Waals surface area contributed by atoms with Crippen LogP contribution in [0.25, 0.3) is 0 Å². The van der Waals surface area contributed by atoms with Gasteiger partial charge in [0.1, 0.15) is 0 Å². The van der Waals surface area contributed by atoms with E-state index < -0.39 is 0 Å². The number of amides is 1. The van der Waals surface area contributed by atoms with Crippen LogP contribution < -0.4 is 5.32 Å². The largest absolute Gasteiger partial charge is 0.347 e. The molecule has 0 aliphatic heterocycles. The maximum absolute atomic E-state index is 11.8. The monoisotopic (exact) mass is 195 g/mol. The molecule has 0 saturated heterocycles. The summed E-state index contributed by atoms with van der Waals surface area (Å²) in [6.45, 7) is 9.53. The van der Waals surface area contributed by atoms with Gasteiger partial charge in [0, 0.05) is 11.2 Å². The quantitative estimate of drug-likeness (QED) is 0.714. The van der Waals surface area contributed by atoms with E-state index in [1.807, 2.05) is 34.6 Å². The normalized spacial score (nSPS) is 11.5. The van der Waals surface area contributed by atoms with Crippen molar-refractivity contribution >= 4 is 5.91 Å². The molecule has 0 fully saturated rings. The Bertz CT molecular complexity index is 327. The molecule has 0 aromatic carbocycles. The van der Waals surface area contributed by atoms with Gasteiger partial charge >= 0.3 is 0 Å². The molecular formula is C10H17N3O. The number of aromatic amines is 1. The van der Waals surface area contributed by atoms with E-state index in [0.717, 1.165) is 11.4 Å². The predicted molar refractivity (Wildman–Crippen MR) is 55.3 cm³/mol. The molecule has 0 spiro atoms. The average molecular weight is 195 g/mol. The fraction of sp³-hybridized carbons (Fsp3) is 0.600. The van der Waals surface area contributed by atoms with Crippen LogP contribution in [0.5, 0.6) is 0 Å². The summed E-state index contributed by atoms with van der Waals surface area (Å²) in [5.41, 5.74) is 1.99. The van der Waals surface area contributed by atoms with E-state index in [0.29, 0.717) is 5.56 Å². The first-order valence-corrected chi connectivity index (χ1v) is 4.65. The molecule has 1 heterocycles. The molecule has 1 rings (SSSR count). The summed E-state index contributed by atoms with van der Waals surface area (Å²) >= 11 is 0. The number of nitrogens with zero attached hydrogens (tertiary/aromatic N) is 1. The Morgan fingerprint density at radius 1 is 1.36 bits per heavy atom. The smallest absolute Gasteiger partial charge is 0.255 e. The Labute approximate surface area is 84.1 Å². The van der Waals surface area contributed by atoms with Gasteiger partial charge in [0.2, 0.25) is 0 Å². The fourth-order valence-corrected chi connectivity index (χ4v) is 1.29. The van der Waals surface area contributed by atoms with E-state index in [9.17, 15) is 4.79 Å². The number of rotatable bonds is 1. The van der Waals surface area contributed by atoms with Gasteiger partial charge in [0.05, 0.1) is 11.3 Å². The molecule has 0 saturated carbocycles. The summed E-state index contributed by atoms with van der Waals surface area (Å²) in [4.78, 5) is 11.8. The van der Waals surface area contributed by atoms with Crippen LogP contribution >= 0.6 is 0 Å². The van der Waals surface area contributed by atoms with Crippen molar-refractivity contribution in [1.29, 1.82) is 0 Å². The molecule has 1 amide bonds. The standard InChI is InChI=1S/C10H17N3O/c1-6-8(7(2)13-12-6)9(14)11-10(3,4)5/h1-5H3,(H,11,14)(H,12,13). The third-order valence-corrected chi connectivity index (χ3v) is 1.84. The highest BCUT2D eigenvalue weighted by molar-refractivity contribution is 5.96. The van der Waals surface area contributed by atoms with Gasteiger partial charge in [-0.3, -0.25) is 9.89 Å². The molecule has 4 nitrogen and oxygen atoms in total. The molecule has 0 aliphatic rings. The van der Waals surface area contributed by atoms with Crippen LogP contribution in [0.2, 0.25) is 0 Å². The molecule has 0 aliphatic carbocycles. The Balaban J connectivity index is 2.90. The van der Waals surface area contributed by atoms with Gasteiger partial charge in [-0.25, -0.2) is 0 Å². The molecule has 0 radical (unpaired) electrons. The Morgan fingerprint density at radius 2 is 1.93 bits per heavy atom. The van der Waals surface area contributed by atoms with E-state index in [1.165, 1.54) is 0 Å². The number of H-pyrrole nitrogens is 1. The maximum Gasteiger partial charge on any atom is 0.255 e. The highest BCUT2D eigenvalue weighted by atomic mass is 16.1. The van der Waals surface area contributed by atoms with Crippen LogP contribution in [-0.4, -0.2) is 21.6 Å². The van der Waals surface area contributed by atoms with Crippen LogP contribution in [-0.2, 0) is 0 Å². The summed E-state index contributed by atoms with van der Waals surface area (Å²) < 4.78 is 0. The van der Waals surface area contributed by atoms with E-state index in [2.05, 4.69) is 15.5 Å². The first kappa shape index (κ1) is 10.8. The zero-order valence-electron chi connectivity index (χ0n) is 9.36. The van der Waals surface area contributed by atoms with Crippen LogP contribution in [0.4, 0.5) is 0 Å². The molecular weight excluding hydrogens is 178 g/mol. The first-order valence-electron chi connectivity index (χ1n) is 4.65. The third-order valence-electron chi connectivity index (χ3n) is 1.84. The molecule has 78 valence electrons. The zero-order valence-corrected chi connectivity index (χ0v) is 9.36. The van der Waals surface area contributed by atoms with E-state index in [1.54, 1.807) is 0 Å². The van der Waals surface area contributed by atoms with Crippen molar-refractivity contribution in [2.45, 2.75) is 40.2 Å². The molecule has 1 aromatic heterocycles. The van der Waals surface area contributed by atoms with Gasteiger partial charge in [0.25, 0.3) is 5.91 Å². The van der Waals surface area contributed by atoms with Crippen molar-refractivity contribution in [2.24, 2.45) is 0 Å². The minimum Gasteiger partial charge on any atom is -0.347 e. The summed E-state index contributed by atoms with van der Waals surface area (Å²) in [6.07, 6.45) is 0. The third kappa shape index (κ3) is 2.34. The minimum absolute atomic E-state index is 0.0683. The topological polar surface area (TPSA) is 57.8 Å². The minimum atomic E-state index is -0.215. The molecule has 1 aromatic rings. The van der Waals surface area contributed by atoms with Gasteiger partial charge in [0.15, 0.2) is 0 Å². The summed E-state index contributed by atoms with van der Waals surface area (Å²) in [7, 11) is 0. The Hall–Kier alpha value is -1.32. The number of nitrogens with one attached hydrogen (secondary N) is 2. The van der Waals surface area contributed by atoms with Gasteiger partial charge in [-0.15, -0.1) is 0 Å². The van der Waals surface area contributed by atoms with Gasteiger partial charge in [-0.05, 0) is 34.6 Å². The van der Waals surface area contributed by atoms with E-state index >= 15 is 0 Å². The SMILES string of the molecule is Cc1n[nH]c(C)c1C(=O)NC(C)(C)C. The second-order valence-corrected chi connectivity index (χ2v) is 4.51. The average Bonchev–Trinajstić information content (AvgIpc) is 2.27. The maximum atomic E-state index is 11.8. The van der Waals surface area contributed by atoms with Crippen molar-refractivity contribution in [3.63, 3.8) is 0 Å². The van der Waals surface area contributed by atoms with Crippen molar-refractivity contribution in [2.75, 3.05) is 0 Å². The lowest BCUT2D eigenvalue weighted by atomic mass is 10.1. The van der Waals surface area contributed by atoms with Crippen LogP contribution in [0.15, 0.2) is 0 Å². The number of aromatic nitrogens is 2. The molecule has 0 bridgehead atoms. The number of hydrogen-bond acceptors (Lipinski definition) is 2. The number of carbonyl (C=O) groups is 1. The van der Waals surface area contributed by atoms with Crippen molar-refractivity contribution in [1.82, 2.24) is 15.5 Å². The molecule has 2 N–H and O–H groups in total. The molecule has 0 unspecified atom stereocenters. The Kier molecular flexibility index (Phi) is 2.64. The van der Waals surface area contributed by atoms with E-state index in [-0.39, 0.29) is 11.4 Å². The fourth-order valence-electron chi connectivity index (χ4n) is 1.29. The Morgan fingerprint density at radius 3 is 2.29 bits per heavy atom. The number of carbonyl (C=O) groups excluding carboxylic acids is 1. The van der Waals surface area contributed by atoms with E-state index in [4.69, 9.17) is 0 Å². The molecule has 4 heteroatoms. The van der Waals surface area contributed by atoms with Crippen molar-refractivity contribution in [3.8, 4) is 0 Å². The second-order valence-electron chi connectivity index (χ2n) is 4.51. The lowest BCUT2D eigenvalue weighted by molar-refractivity contribution is 0.0918. The molecule has 14 heavy (non-hydrogen) atoms. The van der Waals surface area contributed by atoms with Gasteiger partial charge in [-0.2, -0.15) is 5.10 Å². The van der Waals surface area contributed by atoms with Crippen LogP contribution in [0, 0.1) is 13.8 Å². The predicted octanol–water partition coefficient (Wildman–Crippen LogP) is 1.55. The zero-order chi connectivity index (χ0) is 10.9. The summed E-state index contributed by atoms with van der Waals surface area (Å²) in [5.74, 6) is -0.0683. The summed E-state index contributed by atoms with van der Waals surface area (Å²) in [5, 5.41) is 9.68. The lowest BCUT2D eigenvalue weighted by Crippen LogP contribution is -2.40. The first-order chi connectivity index (χ1) is 6.31. The lowest BCUT2D eigenvalue weighted by Gasteiger charge is -2.20. The highest BCUT2D eigenvalue weighted by Gasteiger charge is 2.19. The van der Waals surface area contributed by atoms with Crippen LogP contribution in [0.3, 0.4) is 0 Å². The van der Waals surface area contributed by atoms with Gasteiger partial charge in [-0.1, -0.05) is 0 Å². The van der Waals surface area contributed by atoms with Crippen LogP contribution in [0.1, 0.15) is 42.5 Å². The highest BCUT2D eigenvalue weighted by Crippen LogP contribution is 2.10. The summed E-state index contributed by atoms with van der Waals surface area (Å²) in [6, 6.07) is 0. The second kappa shape index (κ2) is 3.44. The number of aryl methyl sites for hydroxylation is 2. The number of hydrogen-bond donors (Lipinski definition) is 2. The van der Waals surface area contributed by atoms with Gasteiger partial charge < -0.3 is 5.32 Å². The molecule has 0 atom stereocenters. The van der Waals surface area contributed by atoms with Crippen molar-refractivity contribution < 1.29 is 4.79 Å².